The first kappa shape index (κ1) is 20.0. The molecule has 2 atom stereocenters. The molecule has 0 radical (unpaired) electrons. The normalized spacial score (nSPS) is 19.3. The van der Waals surface area contributed by atoms with Crippen LogP contribution in [0.5, 0.6) is 0 Å². The molecule has 1 aliphatic heterocycles. The monoisotopic (exact) mass is 387 g/mol. The molecule has 1 N–H and O–H groups in total. The van der Waals surface area contributed by atoms with Crippen molar-refractivity contribution in [3.05, 3.63) is 46.8 Å². The zero-order valence-electron chi connectivity index (χ0n) is 16.6. The molecule has 8 heteroatoms. The Morgan fingerprint density at radius 3 is 2.71 bits per heavy atom. The topological polar surface area (TPSA) is 80.1 Å². The maximum atomic E-state index is 14.1. The molecule has 1 fully saturated rings. The van der Waals surface area contributed by atoms with Crippen molar-refractivity contribution in [3.8, 4) is 0 Å². The molecule has 7 nitrogen and oxygen atoms in total. The minimum atomic E-state index is -1.08. The van der Waals surface area contributed by atoms with Crippen molar-refractivity contribution in [2.75, 3.05) is 6.54 Å². The van der Waals surface area contributed by atoms with E-state index >= 15 is 0 Å². The third-order valence-electron chi connectivity index (χ3n) is 4.97. The van der Waals surface area contributed by atoms with Crippen LogP contribution in [0, 0.1) is 13.8 Å². The van der Waals surface area contributed by atoms with E-state index in [2.05, 4.69) is 15.6 Å². The van der Waals surface area contributed by atoms with Gasteiger partial charge >= 0.3 is 0 Å². The fraction of sp³-hybridized carbons (Fsp3) is 0.500. The van der Waals surface area contributed by atoms with E-state index in [1.807, 2.05) is 39.8 Å². The fourth-order valence-electron chi connectivity index (χ4n) is 3.37. The lowest BCUT2D eigenvalue weighted by molar-refractivity contribution is 0.0714. The SMILES string of the molecule is Cc1ccc(C(=O)N2C[C@@H](F)C[C@H]2Cn2cc(C(=O)NC(C)C)nn2)cc1C. The van der Waals surface area contributed by atoms with Crippen molar-refractivity contribution in [3.63, 3.8) is 0 Å². The van der Waals surface area contributed by atoms with E-state index < -0.39 is 6.17 Å². The van der Waals surface area contributed by atoms with E-state index in [1.54, 1.807) is 11.0 Å². The van der Waals surface area contributed by atoms with Crippen LogP contribution in [-0.4, -0.2) is 56.5 Å². The van der Waals surface area contributed by atoms with Crippen LogP contribution in [0.1, 0.15) is 52.2 Å². The Balaban J connectivity index is 1.74. The molecule has 1 aliphatic rings. The highest BCUT2D eigenvalue weighted by Gasteiger charge is 2.36. The Hall–Kier alpha value is -2.77. The van der Waals surface area contributed by atoms with Crippen LogP contribution in [0.2, 0.25) is 0 Å². The van der Waals surface area contributed by atoms with Crippen molar-refractivity contribution in [2.45, 2.75) is 58.9 Å². The van der Waals surface area contributed by atoms with E-state index in [0.29, 0.717) is 12.1 Å². The second-order valence-electron chi connectivity index (χ2n) is 7.70. The van der Waals surface area contributed by atoms with Gasteiger partial charge in [0.05, 0.1) is 25.3 Å². The van der Waals surface area contributed by atoms with Gasteiger partial charge in [-0.05, 0) is 51.0 Å². The molecule has 0 unspecified atom stereocenters. The van der Waals surface area contributed by atoms with E-state index in [4.69, 9.17) is 0 Å². The van der Waals surface area contributed by atoms with Gasteiger partial charge in [0.25, 0.3) is 11.8 Å². The average molecular weight is 387 g/mol. The van der Waals surface area contributed by atoms with E-state index in [-0.39, 0.29) is 42.6 Å². The lowest BCUT2D eigenvalue weighted by Gasteiger charge is -2.24. The number of carbonyl (C=O) groups excluding carboxylic acids is 2. The number of nitrogens with one attached hydrogen (secondary N) is 1. The molecule has 1 saturated heterocycles. The number of carbonyl (C=O) groups is 2. The highest BCUT2D eigenvalue weighted by molar-refractivity contribution is 5.95. The van der Waals surface area contributed by atoms with Gasteiger partial charge in [-0.15, -0.1) is 5.10 Å². The van der Waals surface area contributed by atoms with Crippen LogP contribution >= 0.6 is 0 Å². The number of nitrogens with zero attached hydrogens (tertiary/aromatic N) is 4. The number of likely N-dealkylation sites (tertiary alicyclic amines) is 1. The molecular weight excluding hydrogens is 361 g/mol. The number of benzene rings is 1. The summed E-state index contributed by atoms with van der Waals surface area (Å²) in [6, 6.07) is 5.16. The lowest BCUT2D eigenvalue weighted by Crippen LogP contribution is -2.38. The van der Waals surface area contributed by atoms with Crippen molar-refractivity contribution < 1.29 is 14.0 Å². The van der Waals surface area contributed by atoms with Crippen LogP contribution in [0.4, 0.5) is 4.39 Å². The van der Waals surface area contributed by atoms with Gasteiger partial charge in [-0.2, -0.15) is 0 Å². The summed E-state index contributed by atoms with van der Waals surface area (Å²) in [5.41, 5.74) is 2.89. The van der Waals surface area contributed by atoms with E-state index in [0.717, 1.165) is 11.1 Å². The maximum absolute atomic E-state index is 14.1. The number of alkyl halides is 1. The predicted octanol–water partition coefficient (Wildman–Crippen LogP) is 2.29. The number of rotatable bonds is 5. The standard InChI is InChI=1S/C20H26FN5O2/c1-12(2)22-19(27)18-11-25(24-23-18)10-17-8-16(21)9-26(17)20(28)15-6-5-13(3)14(4)7-15/h5-7,11-12,16-17H,8-10H2,1-4H3,(H,22,27)/t16-,17-/m0/s1. The van der Waals surface area contributed by atoms with Gasteiger partial charge in [-0.25, -0.2) is 9.07 Å². The third kappa shape index (κ3) is 4.37. The summed E-state index contributed by atoms with van der Waals surface area (Å²) < 4.78 is 15.6. The smallest absolute Gasteiger partial charge is 0.273 e. The molecule has 1 aromatic carbocycles. The highest BCUT2D eigenvalue weighted by Crippen LogP contribution is 2.24. The third-order valence-corrected chi connectivity index (χ3v) is 4.97. The molecule has 150 valence electrons. The van der Waals surface area contributed by atoms with Gasteiger partial charge in [0.1, 0.15) is 6.17 Å². The molecule has 2 amide bonds. The molecule has 28 heavy (non-hydrogen) atoms. The van der Waals surface area contributed by atoms with Crippen LogP contribution in [0.15, 0.2) is 24.4 Å². The second-order valence-corrected chi connectivity index (χ2v) is 7.70. The van der Waals surface area contributed by atoms with Gasteiger partial charge in [0.2, 0.25) is 0 Å². The first-order valence-electron chi connectivity index (χ1n) is 9.48. The zero-order valence-corrected chi connectivity index (χ0v) is 16.6. The zero-order chi connectivity index (χ0) is 20.4. The van der Waals surface area contributed by atoms with Crippen molar-refractivity contribution in [2.24, 2.45) is 0 Å². The number of aryl methyl sites for hydroxylation is 2. The van der Waals surface area contributed by atoms with Gasteiger partial charge in [0, 0.05) is 18.0 Å². The molecular formula is C20H26FN5O2. The Kier molecular flexibility index (Phi) is 5.76. The summed E-state index contributed by atoms with van der Waals surface area (Å²) in [4.78, 5) is 26.5. The highest BCUT2D eigenvalue weighted by atomic mass is 19.1. The average Bonchev–Trinajstić information content (AvgIpc) is 3.23. The summed E-state index contributed by atoms with van der Waals surface area (Å²) in [5.74, 6) is -0.495. The quantitative estimate of drug-likeness (QED) is 0.854. The van der Waals surface area contributed by atoms with Crippen molar-refractivity contribution in [1.82, 2.24) is 25.2 Å². The summed E-state index contributed by atoms with van der Waals surface area (Å²) in [6.07, 6.45) is 0.694. The summed E-state index contributed by atoms with van der Waals surface area (Å²) in [5, 5.41) is 10.6. The number of aromatic nitrogens is 3. The number of hydrogen-bond acceptors (Lipinski definition) is 4. The van der Waals surface area contributed by atoms with Crippen LogP contribution in [0.3, 0.4) is 0 Å². The van der Waals surface area contributed by atoms with Crippen LogP contribution in [0.25, 0.3) is 0 Å². The Morgan fingerprint density at radius 1 is 1.29 bits per heavy atom. The summed E-state index contributed by atoms with van der Waals surface area (Å²) in [7, 11) is 0. The first-order chi connectivity index (χ1) is 13.2. The number of amides is 2. The first-order valence-corrected chi connectivity index (χ1v) is 9.48. The number of hydrogen-bond donors (Lipinski definition) is 1. The van der Waals surface area contributed by atoms with E-state index in [1.165, 1.54) is 10.9 Å². The van der Waals surface area contributed by atoms with Gasteiger partial charge in [0.15, 0.2) is 5.69 Å². The van der Waals surface area contributed by atoms with Crippen LogP contribution < -0.4 is 5.32 Å². The second kappa shape index (κ2) is 8.08. The Morgan fingerprint density at radius 2 is 2.04 bits per heavy atom. The largest absolute Gasteiger partial charge is 0.348 e. The Bertz CT molecular complexity index is 879. The molecule has 2 heterocycles. The fourth-order valence-corrected chi connectivity index (χ4v) is 3.37. The predicted molar refractivity (Wildman–Crippen MR) is 103 cm³/mol. The maximum Gasteiger partial charge on any atom is 0.273 e. The minimum absolute atomic E-state index is 0.00847. The van der Waals surface area contributed by atoms with Gasteiger partial charge in [-0.1, -0.05) is 11.3 Å². The Labute approximate surface area is 163 Å². The van der Waals surface area contributed by atoms with Crippen LogP contribution in [-0.2, 0) is 6.54 Å². The molecule has 3 rings (SSSR count). The summed E-state index contributed by atoms with van der Waals surface area (Å²) in [6.45, 7) is 8.00. The molecule has 0 saturated carbocycles. The van der Waals surface area contributed by atoms with Crippen molar-refractivity contribution in [1.29, 1.82) is 0 Å². The molecule has 0 spiro atoms. The number of halogens is 1. The van der Waals surface area contributed by atoms with Crippen molar-refractivity contribution >= 4 is 11.8 Å². The van der Waals surface area contributed by atoms with Gasteiger partial charge in [-0.3, -0.25) is 9.59 Å². The molecule has 1 aromatic heterocycles. The van der Waals surface area contributed by atoms with E-state index in [9.17, 15) is 14.0 Å². The minimum Gasteiger partial charge on any atom is -0.348 e. The molecule has 0 bridgehead atoms. The molecule has 2 aromatic rings. The summed E-state index contributed by atoms with van der Waals surface area (Å²) >= 11 is 0. The van der Waals surface area contributed by atoms with Gasteiger partial charge < -0.3 is 10.2 Å². The molecule has 0 aliphatic carbocycles. The lowest BCUT2D eigenvalue weighted by atomic mass is 10.1.